The third-order valence-corrected chi connectivity index (χ3v) is 4.48. The van der Waals surface area contributed by atoms with Crippen molar-refractivity contribution in [3.63, 3.8) is 0 Å². The molecule has 0 aliphatic carbocycles. The number of nitrogens with one attached hydrogen (secondary N) is 1. The second-order valence-electron chi connectivity index (χ2n) is 5.83. The van der Waals surface area contributed by atoms with Gasteiger partial charge >= 0.3 is 0 Å². The van der Waals surface area contributed by atoms with Crippen LogP contribution in [0.1, 0.15) is 16.7 Å². The molecule has 0 atom stereocenters. The maximum absolute atomic E-state index is 6.16. The van der Waals surface area contributed by atoms with Gasteiger partial charge in [-0.1, -0.05) is 47.5 Å². The van der Waals surface area contributed by atoms with Crippen LogP contribution in [0.3, 0.4) is 0 Å². The summed E-state index contributed by atoms with van der Waals surface area (Å²) in [5.74, 6) is 0.828. The molecule has 3 aromatic rings. The van der Waals surface area contributed by atoms with Crippen LogP contribution < -0.4 is 10.1 Å². The van der Waals surface area contributed by atoms with E-state index in [1.165, 1.54) is 11.1 Å². The van der Waals surface area contributed by atoms with Gasteiger partial charge in [0.2, 0.25) is 0 Å². The summed E-state index contributed by atoms with van der Waals surface area (Å²) in [7, 11) is 0. The number of halogens is 2. The fourth-order valence-electron chi connectivity index (χ4n) is 2.52. The topological polar surface area (TPSA) is 21.3 Å². The maximum Gasteiger partial charge on any atom is 0.124 e. The normalized spacial score (nSPS) is 10.5. The molecule has 25 heavy (non-hydrogen) atoms. The van der Waals surface area contributed by atoms with Crippen molar-refractivity contribution in [2.45, 2.75) is 20.1 Å². The molecule has 0 bridgehead atoms. The molecule has 0 unspecified atom stereocenters. The number of anilines is 1. The van der Waals surface area contributed by atoms with Gasteiger partial charge in [-0.15, -0.1) is 0 Å². The highest BCUT2D eigenvalue weighted by Gasteiger charge is 2.07. The lowest BCUT2D eigenvalue weighted by Crippen LogP contribution is -2.04. The van der Waals surface area contributed by atoms with Gasteiger partial charge in [0.25, 0.3) is 0 Å². The van der Waals surface area contributed by atoms with Gasteiger partial charge in [-0.25, -0.2) is 0 Å². The predicted octanol–water partition coefficient (Wildman–Crippen LogP) is 6.49. The highest BCUT2D eigenvalue weighted by molar-refractivity contribution is 6.31. The molecular formula is C21H19Cl2NO. The van der Waals surface area contributed by atoms with Crippen LogP contribution in [0.2, 0.25) is 10.0 Å². The van der Waals surface area contributed by atoms with Crippen LogP contribution in [0.25, 0.3) is 0 Å². The Morgan fingerprint density at radius 3 is 2.32 bits per heavy atom. The smallest absolute Gasteiger partial charge is 0.124 e. The number of ether oxygens (including phenoxy) is 1. The van der Waals surface area contributed by atoms with Crippen LogP contribution in [0.4, 0.5) is 5.69 Å². The Balaban J connectivity index is 1.71. The molecule has 0 aromatic heterocycles. The number of benzene rings is 3. The van der Waals surface area contributed by atoms with Crippen LogP contribution in [0, 0.1) is 6.92 Å². The Morgan fingerprint density at radius 1 is 0.840 bits per heavy atom. The van der Waals surface area contributed by atoms with Gasteiger partial charge in [0.05, 0.1) is 0 Å². The molecular weight excluding hydrogens is 353 g/mol. The third-order valence-electron chi connectivity index (χ3n) is 3.99. The van der Waals surface area contributed by atoms with Crippen molar-refractivity contribution in [1.29, 1.82) is 0 Å². The lowest BCUT2D eigenvalue weighted by Gasteiger charge is -2.14. The SMILES string of the molecule is Cc1ccccc1COc1ccc(Cl)cc1CNc1ccc(Cl)cc1. The van der Waals surface area contributed by atoms with E-state index in [-0.39, 0.29) is 0 Å². The van der Waals surface area contributed by atoms with Crippen molar-refractivity contribution in [1.82, 2.24) is 0 Å². The molecule has 0 aliphatic heterocycles. The maximum atomic E-state index is 6.16. The molecule has 0 fully saturated rings. The van der Waals surface area contributed by atoms with Gasteiger partial charge in [-0.05, 0) is 60.5 Å². The summed E-state index contributed by atoms with van der Waals surface area (Å²) < 4.78 is 6.05. The van der Waals surface area contributed by atoms with E-state index in [9.17, 15) is 0 Å². The first-order chi connectivity index (χ1) is 12.1. The highest BCUT2D eigenvalue weighted by atomic mass is 35.5. The minimum Gasteiger partial charge on any atom is -0.489 e. The fraction of sp³-hybridized carbons (Fsp3) is 0.143. The Bertz CT molecular complexity index is 847. The summed E-state index contributed by atoms with van der Waals surface area (Å²) >= 11 is 12.1. The van der Waals surface area contributed by atoms with Crippen molar-refractivity contribution in [3.05, 3.63) is 93.5 Å². The molecule has 0 aliphatic rings. The lowest BCUT2D eigenvalue weighted by atomic mass is 10.1. The molecule has 128 valence electrons. The number of hydrogen-bond donors (Lipinski definition) is 1. The van der Waals surface area contributed by atoms with Crippen LogP contribution >= 0.6 is 23.2 Å². The summed E-state index contributed by atoms with van der Waals surface area (Å²) in [5.41, 5.74) is 4.40. The van der Waals surface area contributed by atoms with Crippen LogP contribution in [0.15, 0.2) is 66.7 Å². The molecule has 0 spiro atoms. The summed E-state index contributed by atoms with van der Waals surface area (Å²) in [6.07, 6.45) is 0. The number of hydrogen-bond acceptors (Lipinski definition) is 2. The van der Waals surface area contributed by atoms with Gasteiger partial charge in [-0.3, -0.25) is 0 Å². The molecule has 0 saturated heterocycles. The van der Waals surface area contributed by atoms with Gasteiger partial charge in [-0.2, -0.15) is 0 Å². The van der Waals surface area contributed by atoms with E-state index < -0.39 is 0 Å². The second-order valence-corrected chi connectivity index (χ2v) is 6.70. The first kappa shape index (κ1) is 17.7. The summed E-state index contributed by atoms with van der Waals surface area (Å²) in [4.78, 5) is 0. The zero-order chi connectivity index (χ0) is 17.6. The zero-order valence-electron chi connectivity index (χ0n) is 13.9. The Kier molecular flexibility index (Phi) is 5.85. The van der Waals surface area contributed by atoms with E-state index in [4.69, 9.17) is 27.9 Å². The van der Waals surface area contributed by atoms with Crippen molar-refractivity contribution in [3.8, 4) is 5.75 Å². The molecule has 0 saturated carbocycles. The quantitative estimate of drug-likeness (QED) is 0.534. The average molecular weight is 372 g/mol. The van der Waals surface area contributed by atoms with E-state index in [1.54, 1.807) is 0 Å². The van der Waals surface area contributed by atoms with Crippen molar-refractivity contribution < 1.29 is 4.74 Å². The summed E-state index contributed by atoms with van der Waals surface area (Å²) in [6, 6.07) is 21.5. The average Bonchev–Trinajstić information content (AvgIpc) is 2.62. The van der Waals surface area contributed by atoms with E-state index >= 15 is 0 Å². The molecule has 4 heteroatoms. The van der Waals surface area contributed by atoms with Crippen molar-refractivity contribution >= 4 is 28.9 Å². The Hall–Kier alpha value is -2.16. The standard InChI is InChI=1S/C21H19Cl2NO/c1-15-4-2-3-5-16(15)14-25-21-11-8-19(23)12-17(21)13-24-20-9-6-18(22)7-10-20/h2-12,24H,13-14H2,1H3. The fourth-order valence-corrected chi connectivity index (χ4v) is 2.84. The third kappa shape index (κ3) is 4.91. The van der Waals surface area contributed by atoms with E-state index in [2.05, 4.69) is 24.4 Å². The Morgan fingerprint density at radius 2 is 1.56 bits per heavy atom. The monoisotopic (exact) mass is 371 g/mol. The predicted molar refractivity (Wildman–Crippen MR) is 106 cm³/mol. The molecule has 0 amide bonds. The largest absolute Gasteiger partial charge is 0.489 e. The van der Waals surface area contributed by atoms with E-state index in [1.807, 2.05) is 54.6 Å². The van der Waals surface area contributed by atoms with Crippen LogP contribution in [0.5, 0.6) is 5.75 Å². The summed E-state index contributed by atoms with van der Waals surface area (Å²) in [5, 5.41) is 4.78. The van der Waals surface area contributed by atoms with Crippen molar-refractivity contribution in [2.24, 2.45) is 0 Å². The Labute approximate surface area is 158 Å². The van der Waals surface area contributed by atoms with Crippen LogP contribution in [-0.2, 0) is 13.2 Å². The lowest BCUT2D eigenvalue weighted by molar-refractivity contribution is 0.302. The molecule has 0 heterocycles. The minimum atomic E-state index is 0.530. The highest BCUT2D eigenvalue weighted by Crippen LogP contribution is 2.25. The molecule has 0 radical (unpaired) electrons. The number of rotatable bonds is 6. The summed E-state index contributed by atoms with van der Waals surface area (Å²) in [6.45, 7) is 3.23. The van der Waals surface area contributed by atoms with Gasteiger partial charge in [0.1, 0.15) is 12.4 Å². The first-order valence-electron chi connectivity index (χ1n) is 8.07. The molecule has 2 nitrogen and oxygen atoms in total. The van der Waals surface area contributed by atoms with Gasteiger partial charge < -0.3 is 10.1 Å². The van der Waals surface area contributed by atoms with Crippen molar-refractivity contribution in [2.75, 3.05) is 5.32 Å². The first-order valence-corrected chi connectivity index (χ1v) is 8.82. The molecule has 3 rings (SSSR count). The molecule has 1 N–H and O–H groups in total. The number of aryl methyl sites for hydroxylation is 1. The minimum absolute atomic E-state index is 0.530. The zero-order valence-corrected chi connectivity index (χ0v) is 15.4. The van der Waals surface area contributed by atoms with Crippen LogP contribution in [-0.4, -0.2) is 0 Å². The van der Waals surface area contributed by atoms with E-state index in [0.717, 1.165) is 22.0 Å². The van der Waals surface area contributed by atoms with Gasteiger partial charge in [0.15, 0.2) is 0 Å². The second kappa shape index (κ2) is 8.28. The molecule has 3 aromatic carbocycles. The van der Waals surface area contributed by atoms with Gasteiger partial charge in [0, 0.05) is 27.8 Å². The van der Waals surface area contributed by atoms with E-state index in [0.29, 0.717) is 18.2 Å².